The van der Waals surface area contributed by atoms with E-state index in [-0.39, 0.29) is 12.3 Å². The predicted octanol–water partition coefficient (Wildman–Crippen LogP) is 2.22. The lowest BCUT2D eigenvalue weighted by Crippen LogP contribution is -2.16. The van der Waals surface area contributed by atoms with Crippen LogP contribution in [-0.4, -0.2) is 16.8 Å². The Morgan fingerprint density at radius 3 is 2.47 bits per heavy atom. The molecule has 0 fully saturated rings. The average Bonchev–Trinajstić information content (AvgIpc) is 2.36. The molecular formula is C13H18ClNO2. The van der Waals surface area contributed by atoms with Gasteiger partial charge in [0.05, 0.1) is 11.1 Å². The second-order valence-electron chi connectivity index (χ2n) is 4.62. The first kappa shape index (κ1) is 12.7. The molecule has 0 radical (unpaired) electrons. The maximum Gasteiger partial charge on any atom is 0.140 e. The number of fused-ring (bicyclic) bond motifs is 1. The van der Waals surface area contributed by atoms with Gasteiger partial charge < -0.3 is 15.9 Å². The number of nitrogens with two attached hydrogens (primary N) is 1. The molecule has 4 heteroatoms. The van der Waals surface area contributed by atoms with Crippen LogP contribution in [0.3, 0.4) is 0 Å². The molecule has 94 valence electrons. The van der Waals surface area contributed by atoms with Gasteiger partial charge in [0.15, 0.2) is 0 Å². The van der Waals surface area contributed by atoms with Crippen molar-refractivity contribution >= 4 is 11.6 Å². The van der Waals surface area contributed by atoms with Gasteiger partial charge in [-0.3, -0.25) is 0 Å². The highest BCUT2D eigenvalue weighted by Gasteiger charge is 2.25. The van der Waals surface area contributed by atoms with Crippen LogP contribution in [0.4, 0.5) is 0 Å². The Labute approximate surface area is 106 Å². The molecule has 0 amide bonds. The maximum absolute atomic E-state index is 10.1. The van der Waals surface area contributed by atoms with Crippen molar-refractivity contribution in [2.45, 2.75) is 38.7 Å². The Hall–Kier alpha value is -0.770. The van der Waals surface area contributed by atoms with E-state index < -0.39 is 6.10 Å². The van der Waals surface area contributed by atoms with Crippen molar-refractivity contribution in [1.82, 2.24) is 0 Å². The summed E-state index contributed by atoms with van der Waals surface area (Å²) < 4.78 is 0. The van der Waals surface area contributed by atoms with Crippen LogP contribution in [0.1, 0.15) is 41.2 Å². The number of halogens is 1. The van der Waals surface area contributed by atoms with Crippen molar-refractivity contribution in [2.24, 2.45) is 5.73 Å². The van der Waals surface area contributed by atoms with E-state index in [1.807, 2.05) is 6.92 Å². The monoisotopic (exact) mass is 255 g/mol. The molecule has 3 nitrogen and oxygen atoms in total. The summed E-state index contributed by atoms with van der Waals surface area (Å²) in [6.07, 6.45) is 3.25. The molecule has 1 aromatic carbocycles. The van der Waals surface area contributed by atoms with Gasteiger partial charge in [-0.05, 0) is 49.3 Å². The minimum Gasteiger partial charge on any atom is -0.506 e. The smallest absolute Gasteiger partial charge is 0.140 e. The van der Waals surface area contributed by atoms with Crippen molar-refractivity contribution in [2.75, 3.05) is 6.54 Å². The zero-order valence-corrected chi connectivity index (χ0v) is 10.7. The quantitative estimate of drug-likeness (QED) is 0.759. The number of rotatable bonds is 2. The molecule has 1 aliphatic carbocycles. The van der Waals surface area contributed by atoms with E-state index in [0.29, 0.717) is 10.6 Å². The summed E-state index contributed by atoms with van der Waals surface area (Å²) in [5, 5.41) is 20.4. The number of phenolic OH excluding ortho intramolecular Hbond substituents is 1. The molecule has 17 heavy (non-hydrogen) atoms. The molecule has 0 spiro atoms. The standard InChI is InChI=1S/C13H18ClNO2/c1-7-8-4-2-3-5-9(8)12(14)13(17)11(7)10(16)6-15/h10,16-17H,2-6,15H2,1H3. The molecule has 2 rings (SSSR count). The van der Waals surface area contributed by atoms with E-state index in [9.17, 15) is 10.2 Å². The summed E-state index contributed by atoms with van der Waals surface area (Å²) in [6, 6.07) is 0. The first-order valence-corrected chi connectivity index (χ1v) is 6.36. The normalized spacial score (nSPS) is 16.7. The van der Waals surface area contributed by atoms with Gasteiger partial charge in [-0.25, -0.2) is 0 Å². The maximum atomic E-state index is 10.1. The fourth-order valence-electron chi connectivity index (χ4n) is 2.69. The predicted molar refractivity (Wildman–Crippen MR) is 68.5 cm³/mol. The van der Waals surface area contributed by atoms with Gasteiger partial charge in [0.2, 0.25) is 0 Å². The summed E-state index contributed by atoms with van der Waals surface area (Å²) in [5.41, 5.74) is 9.13. The van der Waals surface area contributed by atoms with Crippen LogP contribution >= 0.6 is 11.6 Å². The van der Waals surface area contributed by atoms with Crippen LogP contribution in [0.2, 0.25) is 5.02 Å². The van der Waals surface area contributed by atoms with Gasteiger partial charge >= 0.3 is 0 Å². The number of hydrogen-bond donors (Lipinski definition) is 3. The number of aliphatic hydroxyl groups is 1. The highest BCUT2D eigenvalue weighted by Crippen LogP contribution is 2.42. The number of aromatic hydroxyl groups is 1. The Kier molecular flexibility index (Phi) is 3.61. The summed E-state index contributed by atoms with van der Waals surface area (Å²) in [6.45, 7) is 2.01. The number of benzene rings is 1. The van der Waals surface area contributed by atoms with E-state index in [1.54, 1.807) is 0 Å². The highest BCUT2D eigenvalue weighted by atomic mass is 35.5. The fraction of sp³-hybridized carbons (Fsp3) is 0.538. The van der Waals surface area contributed by atoms with E-state index in [0.717, 1.165) is 36.8 Å². The molecule has 4 N–H and O–H groups in total. The fourth-order valence-corrected chi connectivity index (χ4v) is 3.00. The molecule has 0 bridgehead atoms. The Balaban J connectivity index is 2.65. The van der Waals surface area contributed by atoms with Gasteiger partial charge in [-0.2, -0.15) is 0 Å². The van der Waals surface area contributed by atoms with Crippen LogP contribution in [0, 0.1) is 6.92 Å². The van der Waals surface area contributed by atoms with Crippen molar-refractivity contribution in [3.05, 3.63) is 27.3 Å². The zero-order valence-electron chi connectivity index (χ0n) is 9.96. The minimum absolute atomic E-state index is 0.00256. The Morgan fingerprint density at radius 1 is 1.29 bits per heavy atom. The molecule has 0 aromatic heterocycles. The summed E-state index contributed by atoms with van der Waals surface area (Å²) in [4.78, 5) is 0. The molecule has 0 saturated carbocycles. The first-order chi connectivity index (χ1) is 8.07. The van der Waals surface area contributed by atoms with Crippen LogP contribution in [-0.2, 0) is 12.8 Å². The zero-order chi connectivity index (χ0) is 12.6. The van der Waals surface area contributed by atoms with Crippen LogP contribution in [0.25, 0.3) is 0 Å². The van der Waals surface area contributed by atoms with Crippen LogP contribution in [0.15, 0.2) is 0 Å². The lowest BCUT2D eigenvalue weighted by Gasteiger charge is -2.25. The van der Waals surface area contributed by atoms with Crippen molar-refractivity contribution in [3.8, 4) is 5.75 Å². The van der Waals surface area contributed by atoms with E-state index >= 15 is 0 Å². The molecule has 0 saturated heterocycles. The average molecular weight is 256 g/mol. The Bertz CT molecular complexity index is 446. The minimum atomic E-state index is -0.847. The molecular weight excluding hydrogens is 238 g/mol. The van der Waals surface area contributed by atoms with Gasteiger partial charge in [0.25, 0.3) is 0 Å². The topological polar surface area (TPSA) is 66.5 Å². The second-order valence-corrected chi connectivity index (χ2v) is 4.99. The SMILES string of the molecule is Cc1c2c(c(Cl)c(O)c1C(O)CN)CCCC2. The van der Waals surface area contributed by atoms with Gasteiger partial charge in [0, 0.05) is 12.1 Å². The third-order valence-corrected chi connectivity index (χ3v) is 4.02. The molecule has 1 aromatic rings. The summed E-state index contributed by atoms with van der Waals surface area (Å²) >= 11 is 6.19. The van der Waals surface area contributed by atoms with E-state index in [4.69, 9.17) is 17.3 Å². The lowest BCUT2D eigenvalue weighted by molar-refractivity contribution is 0.181. The highest BCUT2D eigenvalue weighted by molar-refractivity contribution is 6.33. The summed E-state index contributed by atoms with van der Waals surface area (Å²) in [7, 11) is 0. The van der Waals surface area contributed by atoms with Crippen molar-refractivity contribution < 1.29 is 10.2 Å². The Morgan fingerprint density at radius 2 is 1.88 bits per heavy atom. The number of hydrogen-bond acceptors (Lipinski definition) is 3. The number of phenols is 1. The van der Waals surface area contributed by atoms with E-state index in [1.165, 1.54) is 5.56 Å². The third-order valence-electron chi connectivity index (χ3n) is 3.61. The first-order valence-electron chi connectivity index (χ1n) is 5.98. The van der Waals surface area contributed by atoms with Gasteiger partial charge in [-0.1, -0.05) is 11.6 Å². The van der Waals surface area contributed by atoms with Gasteiger partial charge in [-0.15, -0.1) is 0 Å². The third kappa shape index (κ3) is 2.03. The molecule has 1 unspecified atom stereocenters. The summed E-state index contributed by atoms with van der Waals surface area (Å²) in [5.74, 6) is 0.00256. The van der Waals surface area contributed by atoms with E-state index in [2.05, 4.69) is 0 Å². The number of aliphatic hydroxyl groups excluding tert-OH is 1. The van der Waals surface area contributed by atoms with Crippen LogP contribution in [0.5, 0.6) is 5.75 Å². The largest absolute Gasteiger partial charge is 0.506 e. The lowest BCUT2D eigenvalue weighted by atomic mass is 9.84. The molecule has 1 aliphatic rings. The van der Waals surface area contributed by atoms with Crippen molar-refractivity contribution in [3.63, 3.8) is 0 Å². The molecule has 1 atom stereocenters. The molecule has 0 aliphatic heterocycles. The second kappa shape index (κ2) is 4.84. The van der Waals surface area contributed by atoms with Gasteiger partial charge in [0.1, 0.15) is 5.75 Å². The van der Waals surface area contributed by atoms with Crippen LogP contribution < -0.4 is 5.73 Å². The van der Waals surface area contributed by atoms with Crippen molar-refractivity contribution in [1.29, 1.82) is 0 Å². The molecule has 0 heterocycles.